The van der Waals surface area contributed by atoms with Gasteiger partial charge in [-0.25, -0.2) is 4.39 Å². The molecule has 0 amide bonds. The highest BCUT2D eigenvalue weighted by Gasteiger charge is 2.26. The molecule has 0 N–H and O–H groups in total. The maximum absolute atomic E-state index is 14.5. The largest absolute Gasteiger partial charge is 0.460 e. The first kappa shape index (κ1) is 19.7. The monoisotopic (exact) mass is 349 g/mol. The molecule has 0 saturated carbocycles. The van der Waals surface area contributed by atoms with Crippen LogP contribution in [-0.4, -0.2) is 24.7 Å². The standard InChI is InChI=1S/C21H32FNO2/c1-20(2,3)16-7-8-18(17(22)14-16)23-11-9-15(10-12-23)13-19(24)25-21(4,5)6/h7-8,14-15H,9-13H2,1-6H3. The molecule has 0 aliphatic carbocycles. The van der Waals surface area contributed by atoms with E-state index in [4.69, 9.17) is 4.74 Å². The average molecular weight is 349 g/mol. The Kier molecular flexibility index (Phi) is 5.80. The smallest absolute Gasteiger partial charge is 0.306 e. The number of nitrogens with zero attached hydrogens (tertiary/aromatic N) is 1. The van der Waals surface area contributed by atoms with Crippen LogP contribution in [0.3, 0.4) is 0 Å². The van der Waals surface area contributed by atoms with Crippen LogP contribution in [0.4, 0.5) is 10.1 Å². The van der Waals surface area contributed by atoms with E-state index in [1.807, 2.05) is 32.9 Å². The van der Waals surface area contributed by atoms with E-state index in [9.17, 15) is 9.18 Å². The summed E-state index contributed by atoms with van der Waals surface area (Å²) in [6.07, 6.45) is 2.23. The highest BCUT2D eigenvalue weighted by atomic mass is 19.1. The van der Waals surface area contributed by atoms with Crippen molar-refractivity contribution in [3.8, 4) is 0 Å². The Bertz CT molecular complexity index is 605. The third kappa shape index (κ3) is 5.72. The van der Waals surface area contributed by atoms with Gasteiger partial charge in [0.05, 0.1) is 5.69 Å². The Balaban J connectivity index is 1.93. The van der Waals surface area contributed by atoms with E-state index in [1.165, 1.54) is 0 Å². The molecule has 2 rings (SSSR count). The first-order valence-corrected chi connectivity index (χ1v) is 9.22. The highest BCUT2D eigenvalue weighted by molar-refractivity contribution is 5.70. The summed E-state index contributed by atoms with van der Waals surface area (Å²) in [5.74, 6) is 0.0349. The number of piperidine rings is 1. The Morgan fingerprint density at radius 2 is 1.76 bits per heavy atom. The molecule has 4 heteroatoms. The van der Waals surface area contributed by atoms with Crippen molar-refractivity contribution < 1.29 is 13.9 Å². The van der Waals surface area contributed by atoms with Crippen LogP contribution in [0.15, 0.2) is 18.2 Å². The van der Waals surface area contributed by atoms with Gasteiger partial charge >= 0.3 is 5.97 Å². The molecule has 25 heavy (non-hydrogen) atoms. The molecule has 0 spiro atoms. The zero-order valence-electron chi connectivity index (χ0n) is 16.5. The average Bonchev–Trinajstić information content (AvgIpc) is 2.45. The summed E-state index contributed by atoms with van der Waals surface area (Å²) in [6.45, 7) is 13.5. The van der Waals surface area contributed by atoms with Crippen LogP contribution in [0.2, 0.25) is 0 Å². The van der Waals surface area contributed by atoms with Crippen molar-refractivity contribution >= 4 is 11.7 Å². The van der Waals surface area contributed by atoms with Gasteiger partial charge in [-0.2, -0.15) is 0 Å². The number of esters is 1. The van der Waals surface area contributed by atoms with E-state index in [1.54, 1.807) is 6.07 Å². The maximum Gasteiger partial charge on any atom is 0.306 e. The molecule has 0 atom stereocenters. The summed E-state index contributed by atoms with van der Waals surface area (Å²) < 4.78 is 19.9. The lowest BCUT2D eigenvalue weighted by Crippen LogP contribution is -2.35. The third-order valence-corrected chi connectivity index (χ3v) is 4.64. The SMILES string of the molecule is CC(C)(C)OC(=O)CC1CCN(c2ccc(C(C)(C)C)cc2F)CC1. The summed E-state index contributed by atoms with van der Waals surface area (Å²) in [4.78, 5) is 14.1. The molecule has 0 aromatic heterocycles. The van der Waals surface area contributed by atoms with Gasteiger partial charge < -0.3 is 9.64 Å². The molecule has 1 fully saturated rings. The lowest BCUT2D eigenvalue weighted by molar-refractivity contribution is -0.156. The number of ether oxygens (including phenoxy) is 1. The van der Waals surface area contributed by atoms with Crippen molar-refractivity contribution in [2.45, 2.75) is 71.8 Å². The molecular formula is C21H32FNO2. The van der Waals surface area contributed by atoms with Gasteiger partial charge in [-0.3, -0.25) is 4.79 Å². The number of benzene rings is 1. The second-order valence-electron chi connectivity index (χ2n) is 9.14. The molecule has 3 nitrogen and oxygen atoms in total. The van der Waals surface area contributed by atoms with Crippen molar-refractivity contribution in [1.82, 2.24) is 0 Å². The fraction of sp³-hybridized carbons (Fsp3) is 0.667. The highest BCUT2D eigenvalue weighted by Crippen LogP contribution is 2.31. The number of carbonyl (C=O) groups is 1. The van der Waals surface area contributed by atoms with Crippen molar-refractivity contribution in [2.24, 2.45) is 5.92 Å². The molecule has 140 valence electrons. The van der Waals surface area contributed by atoms with Crippen LogP contribution in [-0.2, 0) is 14.9 Å². The Labute approximate surface area is 151 Å². The topological polar surface area (TPSA) is 29.5 Å². The second-order valence-corrected chi connectivity index (χ2v) is 9.14. The van der Waals surface area contributed by atoms with Gasteiger partial charge in [-0.05, 0) is 62.6 Å². The van der Waals surface area contributed by atoms with Gasteiger partial charge in [0.25, 0.3) is 0 Å². The Morgan fingerprint density at radius 1 is 1.16 bits per heavy atom. The van der Waals surface area contributed by atoms with Gasteiger partial charge in [-0.1, -0.05) is 26.8 Å². The third-order valence-electron chi connectivity index (χ3n) is 4.64. The summed E-state index contributed by atoms with van der Waals surface area (Å²) in [6, 6.07) is 5.57. The molecule has 1 aromatic carbocycles. The van der Waals surface area contributed by atoms with Gasteiger partial charge in [0.15, 0.2) is 0 Å². The predicted octanol–water partition coefficient (Wildman–Crippen LogP) is 5.07. The van der Waals surface area contributed by atoms with Crippen molar-refractivity contribution in [3.63, 3.8) is 0 Å². The fourth-order valence-corrected chi connectivity index (χ4v) is 3.23. The predicted molar refractivity (Wildman–Crippen MR) is 100 cm³/mol. The first-order chi connectivity index (χ1) is 11.5. The number of hydrogen-bond donors (Lipinski definition) is 0. The van der Waals surface area contributed by atoms with Crippen LogP contribution in [0.1, 0.15) is 66.4 Å². The molecule has 1 aromatic rings. The van der Waals surface area contributed by atoms with E-state index in [0.29, 0.717) is 18.0 Å². The number of rotatable bonds is 3. The van der Waals surface area contributed by atoms with E-state index in [-0.39, 0.29) is 17.2 Å². The molecule has 1 aliphatic heterocycles. The lowest BCUT2D eigenvalue weighted by atomic mass is 9.86. The summed E-state index contributed by atoms with van der Waals surface area (Å²) in [5, 5.41) is 0. The van der Waals surface area contributed by atoms with Crippen molar-refractivity contribution in [2.75, 3.05) is 18.0 Å². The number of anilines is 1. The molecule has 1 saturated heterocycles. The van der Waals surface area contributed by atoms with E-state index in [0.717, 1.165) is 31.5 Å². The number of carbonyl (C=O) groups excluding carboxylic acids is 1. The number of halogens is 1. The summed E-state index contributed by atoms with van der Waals surface area (Å²) in [5.41, 5.74) is 1.19. The van der Waals surface area contributed by atoms with E-state index >= 15 is 0 Å². The minimum absolute atomic E-state index is 0.0558. The van der Waals surface area contributed by atoms with Gasteiger partial charge in [0.1, 0.15) is 11.4 Å². The van der Waals surface area contributed by atoms with Crippen LogP contribution >= 0.6 is 0 Å². The van der Waals surface area contributed by atoms with Crippen LogP contribution in [0.25, 0.3) is 0 Å². The van der Waals surface area contributed by atoms with Crippen molar-refractivity contribution in [1.29, 1.82) is 0 Å². The maximum atomic E-state index is 14.5. The normalized spacial score (nSPS) is 16.8. The van der Waals surface area contributed by atoms with Gasteiger partial charge in [0.2, 0.25) is 0 Å². The summed E-state index contributed by atoms with van der Waals surface area (Å²) >= 11 is 0. The van der Waals surface area contributed by atoms with Crippen LogP contribution in [0, 0.1) is 11.7 Å². The minimum atomic E-state index is -0.435. The molecular weight excluding hydrogens is 317 g/mol. The molecule has 1 aliphatic rings. The zero-order chi connectivity index (χ0) is 18.8. The summed E-state index contributed by atoms with van der Waals surface area (Å²) in [7, 11) is 0. The van der Waals surface area contributed by atoms with Gasteiger partial charge in [0, 0.05) is 19.5 Å². The molecule has 0 unspecified atom stereocenters. The van der Waals surface area contributed by atoms with E-state index in [2.05, 4.69) is 25.7 Å². The van der Waals surface area contributed by atoms with Crippen molar-refractivity contribution in [3.05, 3.63) is 29.6 Å². The van der Waals surface area contributed by atoms with Crippen LogP contribution in [0.5, 0.6) is 0 Å². The fourth-order valence-electron chi connectivity index (χ4n) is 3.23. The van der Waals surface area contributed by atoms with E-state index < -0.39 is 5.60 Å². The second kappa shape index (κ2) is 7.35. The van der Waals surface area contributed by atoms with Gasteiger partial charge in [-0.15, -0.1) is 0 Å². The minimum Gasteiger partial charge on any atom is -0.460 e. The Morgan fingerprint density at radius 3 is 2.24 bits per heavy atom. The lowest BCUT2D eigenvalue weighted by Gasteiger charge is -2.34. The quantitative estimate of drug-likeness (QED) is 0.713. The zero-order valence-corrected chi connectivity index (χ0v) is 16.5. The Hall–Kier alpha value is -1.58. The molecule has 0 radical (unpaired) electrons. The molecule has 1 heterocycles. The molecule has 0 bridgehead atoms. The number of hydrogen-bond acceptors (Lipinski definition) is 3. The van der Waals surface area contributed by atoms with Crippen LogP contribution < -0.4 is 4.90 Å². The first-order valence-electron chi connectivity index (χ1n) is 9.22.